The first-order valence-electron chi connectivity index (χ1n) is 7.58. The van der Waals surface area contributed by atoms with Gasteiger partial charge in [-0.2, -0.15) is 0 Å². The van der Waals surface area contributed by atoms with Gasteiger partial charge in [-0.1, -0.05) is 23.8 Å². The van der Waals surface area contributed by atoms with E-state index in [2.05, 4.69) is 36.9 Å². The van der Waals surface area contributed by atoms with E-state index < -0.39 is 0 Å². The number of hydrogen-bond acceptors (Lipinski definition) is 3. The van der Waals surface area contributed by atoms with Crippen molar-refractivity contribution >= 4 is 5.78 Å². The Morgan fingerprint density at radius 3 is 3.10 bits per heavy atom. The third-order valence-electron chi connectivity index (χ3n) is 4.62. The fraction of sp³-hybridized carbons (Fsp3) is 0.588. The molecule has 0 aromatic heterocycles. The van der Waals surface area contributed by atoms with Crippen LogP contribution in [0.3, 0.4) is 0 Å². The van der Waals surface area contributed by atoms with Crippen molar-refractivity contribution in [3.8, 4) is 0 Å². The second-order valence-corrected chi connectivity index (χ2v) is 6.19. The average Bonchev–Trinajstić information content (AvgIpc) is 2.90. The van der Waals surface area contributed by atoms with Gasteiger partial charge in [0.2, 0.25) is 0 Å². The maximum atomic E-state index is 12.5. The summed E-state index contributed by atoms with van der Waals surface area (Å²) in [4.78, 5) is 14.9. The number of nitrogens with zero attached hydrogens (tertiary/aromatic N) is 1. The molecule has 20 heavy (non-hydrogen) atoms. The second kappa shape index (κ2) is 5.66. The van der Waals surface area contributed by atoms with E-state index in [0.717, 1.165) is 25.3 Å². The molecule has 0 spiro atoms. The number of Topliss-reactive ketones (excluding diaryl/α,β-unsaturated/α-hetero) is 1. The van der Waals surface area contributed by atoms with E-state index in [9.17, 15) is 4.79 Å². The van der Waals surface area contributed by atoms with Crippen LogP contribution >= 0.6 is 0 Å². The highest BCUT2D eigenvalue weighted by atomic mass is 16.5. The van der Waals surface area contributed by atoms with E-state index in [-0.39, 0.29) is 11.9 Å². The maximum Gasteiger partial charge on any atom is 0.167 e. The van der Waals surface area contributed by atoms with Crippen molar-refractivity contribution < 1.29 is 9.53 Å². The van der Waals surface area contributed by atoms with Gasteiger partial charge >= 0.3 is 0 Å². The van der Waals surface area contributed by atoms with Crippen LogP contribution in [0.2, 0.25) is 0 Å². The largest absolute Gasteiger partial charge is 0.367 e. The van der Waals surface area contributed by atoms with Crippen molar-refractivity contribution in [3.05, 3.63) is 34.9 Å². The monoisotopic (exact) mass is 273 g/mol. The molecule has 3 heteroatoms. The zero-order chi connectivity index (χ0) is 14.1. The molecular formula is C17H23NO2. The number of fused-ring (bicyclic) bond motifs is 1. The molecule has 0 bridgehead atoms. The Morgan fingerprint density at radius 2 is 2.25 bits per heavy atom. The van der Waals surface area contributed by atoms with Gasteiger partial charge in [-0.25, -0.2) is 0 Å². The van der Waals surface area contributed by atoms with Gasteiger partial charge in [-0.15, -0.1) is 0 Å². The van der Waals surface area contributed by atoms with Crippen LogP contribution in [-0.4, -0.2) is 42.5 Å². The third-order valence-corrected chi connectivity index (χ3v) is 4.62. The van der Waals surface area contributed by atoms with E-state index in [4.69, 9.17) is 4.74 Å². The molecule has 0 saturated carbocycles. The number of morpholine rings is 1. The normalized spacial score (nSPS) is 26.5. The van der Waals surface area contributed by atoms with E-state index >= 15 is 0 Å². The molecule has 0 N–H and O–H groups in total. The molecule has 2 heterocycles. The minimum atomic E-state index is -0.232. The number of rotatable bonds is 3. The Kier molecular flexibility index (Phi) is 3.90. The number of carbonyl (C=O) groups excluding carboxylic acids is 1. The molecule has 2 unspecified atom stereocenters. The van der Waals surface area contributed by atoms with Gasteiger partial charge in [-0.05, 0) is 44.4 Å². The molecule has 0 radical (unpaired) electrons. The lowest BCUT2D eigenvalue weighted by atomic mass is 9.98. The Morgan fingerprint density at radius 1 is 1.40 bits per heavy atom. The molecule has 3 nitrogen and oxygen atoms in total. The second-order valence-electron chi connectivity index (χ2n) is 6.19. The highest BCUT2D eigenvalue weighted by Gasteiger charge is 2.35. The van der Waals surface area contributed by atoms with E-state index in [1.165, 1.54) is 24.0 Å². The molecule has 1 aromatic carbocycles. The van der Waals surface area contributed by atoms with Crippen molar-refractivity contribution in [1.82, 2.24) is 4.90 Å². The molecule has 2 aliphatic rings. The highest BCUT2D eigenvalue weighted by Crippen LogP contribution is 2.23. The average molecular weight is 273 g/mol. The van der Waals surface area contributed by atoms with Gasteiger partial charge in [0.15, 0.2) is 5.78 Å². The molecule has 0 amide bonds. The van der Waals surface area contributed by atoms with Gasteiger partial charge in [0, 0.05) is 19.0 Å². The molecule has 2 saturated heterocycles. The summed E-state index contributed by atoms with van der Waals surface area (Å²) in [7, 11) is 0. The minimum Gasteiger partial charge on any atom is -0.367 e. The summed E-state index contributed by atoms with van der Waals surface area (Å²) < 4.78 is 5.80. The van der Waals surface area contributed by atoms with Crippen LogP contribution in [0, 0.1) is 13.8 Å². The van der Waals surface area contributed by atoms with Gasteiger partial charge in [0.25, 0.3) is 0 Å². The first-order valence-corrected chi connectivity index (χ1v) is 7.58. The Hall–Kier alpha value is -1.19. The number of ether oxygens (including phenoxy) is 1. The van der Waals surface area contributed by atoms with Gasteiger partial charge in [-0.3, -0.25) is 9.69 Å². The number of aryl methyl sites for hydroxylation is 2. The summed E-state index contributed by atoms with van der Waals surface area (Å²) in [5, 5.41) is 0. The summed E-state index contributed by atoms with van der Waals surface area (Å²) in [6.07, 6.45) is 2.73. The zero-order valence-corrected chi connectivity index (χ0v) is 12.4. The predicted molar refractivity (Wildman–Crippen MR) is 79.0 cm³/mol. The summed E-state index contributed by atoms with van der Waals surface area (Å²) in [5.41, 5.74) is 3.54. The van der Waals surface area contributed by atoms with E-state index in [1.54, 1.807) is 0 Å². The smallest absolute Gasteiger partial charge is 0.167 e. The quantitative estimate of drug-likeness (QED) is 0.846. The standard InChI is InChI=1S/C17H23NO2/c1-12-5-6-13(2)14(8-12)9-16(19)17-10-18-7-3-4-15(18)11-20-17/h5-6,8,15,17H,3-4,7,9-11H2,1-2H3. The molecule has 3 rings (SSSR count). The maximum absolute atomic E-state index is 12.5. The lowest BCUT2D eigenvalue weighted by molar-refractivity contribution is -0.137. The van der Waals surface area contributed by atoms with Gasteiger partial charge in [0.05, 0.1) is 6.61 Å². The van der Waals surface area contributed by atoms with Crippen molar-refractivity contribution in [1.29, 1.82) is 0 Å². The number of benzene rings is 1. The topological polar surface area (TPSA) is 29.5 Å². The van der Waals surface area contributed by atoms with Crippen LogP contribution in [-0.2, 0) is 16.0 Å². The molecule has 0 aliphatic carbocycles. The van der Waals surface area contributed by atoms with Crippen LogP contribution in [0.15, 0.2) is 18.2 Å². The number of ketones is 1. The summed E-state index contributed by atoms with van der Waals surface area (Å²) in [5.74, 6) is 0.226. The number of hydrogen-bond donors (Lipinski definition) is 0. The first-order chi connectivity index (χ1) is 9.63. The van der Waals surface area contributed by atoms with Crippen LogP contribution in [0.1, 0.15) is 29.5 Å². The van der Waals surface area contributed by atoms with Gasteiger partial charge < -0.3 is 4.74 Å². The molecular weight excluding hydrogens is 250 g/mol. The zero-order valence-electron chi connectivity index (χ0n) is 12.4. The number of carbonyl (C=O) groups is 1. The predicted octanol–water partition coefficient (Wildman–Crippen LogP) is 2.28. The Labute approximate surface area is 120 Å². The molecule has 2 aliphatic heterocycles. The molecule has 1 aromatic rings. The van der Waals surface area contributed by atoms with Crippen LogP contribution in [0.25, 0.3) is 0 Å². The van der Waals surface area contributed by atoms with Crippen molar-refractivity contribution in [2.45, 2.75) is 45.3 Å². The highest BCUT2D eigenvalue weighted by molar-refractivity contribution is 5.85. The van der Waals surface area contributed by atoms with Crippen molar-refractivity contribution in [2.24, 2.45) is 0 Å². The minimum absolute atomic E-state index is 0.226. The van der Waals surface area contributed by atoms with Crippen LogP contribution in [0.5, 0.6) is 0 Å². The van der Waals surface area contributed by atoms with Gasteiger partial charge in [0.1, 0.15) is 6.10 Å². The third kappa shape index (κ3) is 2.79. The SMILES string of the molecule is Cc1ccc(C)c(CC(=O)C2CN3CCCC3CO2)c1. The summed E-state index contributed by atoms with van der Waals surface area (Å²) >= 11 is 0. The summed E-state index contributed by atoms with van der Waals surface area (Å²) in [6, 6.07) is 6.86. The fourth-order valence-electron chi connectivity index (χ4n) is 3.30. The Bertz CT molecular complexity index is 512. The molecule has 2 fully saturated rings. The fourth-order valence-corrected chi connectivity index (χ4v) is 3.30. The Balaban J connectivity index is 1.65. The lowest BCUT2D eigenvalue weighted by Gasteiger charge is -2.34. The summed E-state index contributed by atoms with van der Waals surface area (Å²) in [6.45, 7) is 6.78. The van der Waals surface area contributed by atoms with Crippen LogP contribution < -0.4 is 0 Å². The van der Waals surface area contributed by atoms with Crippen LogP contribution in [0.4, 0.5) is 0 Å². The van der Waals surface area contributed by atoms with E-state index in [1.807, 2.05) is 0 Å². The lowest BCUT2D eigenvalue weighted by Crippen LogP contribution is -2.49. The van der Waals surface area contributed by atoms with E-state index in [0.29, 0.717) is 12.5 Å². The van der Waals surface area contributed by atoms with Crippen molar-refractivity contribution in [3.63, 3.8) is 0 Å². The molecule has 108 valence electrons. The first kappa shape index (κ1) is 13.8. The molecule has 2 atom stereocenters. The van der Waals surface area contributed by atoms with Crippen molar-refractivity contribution in [2.75, 3.05) is 19.7 Å².